The van der Waals surface area contributed by atoms with E-state index in [1.807, 2.05) is 31.2 Å². The van der Waals surface area contributed by atoms with E-state index in [2.05, 4.69) is 15.3 Å². The van der Waals surface area contributed by atoms with Crippen molar-refractivity contribution in [1.29, 1.82) is 0 Å². The molecule has 0 N–H and O–H groups in total. The molecule has 0 aliphatic carbocycles. The van der Waals surface area contributed by atoms with Gasteiger partial charge in [-0.3, -0.25) is 4.79 Å². The fourth-order valence-electron chi connectivity index (χ4n) is 1.67. The molecule has 0 aliphatic heterocycles. The number of hydrogen-bond acceptors (Lipinski definition) is 6. The van der Waals surface area contributed by atoms with Crippen LogP contribution in [0.4, 0.5) is 0 Å². The summed E-state index contributed by atoms with van der Waals surface area (Å²) in [5.74, 6) is 0.768. The zero-order chi connectivity index (χ0) is 14.1. The van der Waals surface area contributed by atoms with Crippen LogP contribution >= 0.6 is 11.3 Å². The van der Waals surface area contributed by atoms with Gasteiger partial charge in [0.2, 0.25) is 4.96 Å². The molecule has 0 bridgehead atoms. The number of aromatic nitrogens is 4. The molecule has 3 rings (SSSR count). The number of fused-ring (bicyclic) bond motifs is 1. The van der Waals surface area contributed by atoms with Crippen molar-refractivity contribution >= 4 is 16.3 Å². The SMILES string of the molecule is Cc1ccc(OCc2nn3c(=O)c(C)nnc3s2)cc1. The van der Waals surface area contributed by atoms with Gasteiger partial charge in [0.25, 0.3) is 5.56 Å². The highest BCUT2D eigenvalue weighted by Crippen LogP contribution is 2.16. The van der Waals surface area contributed by atoms with Crippen molar-refractivity contribution in [1.82, 2.24) is 19.8 Å². The molecule has 0 saturated carbocycles. The van der Waals surface area contributed by atoms with Crippen molar-refractivity contribution in [2.45, 2.75) is 20.5 Å². The van der Waals surface area contributed by atoms with E-state index >= 15 is 0 Å². The van der Waals surface area contributed by atoms with E-state index in [0.29, 0.717) is 22.3 Å². The Kier molecular flexibility index (Phi) is 3.19. The van der Waals surface area contributed by atoms with Gasteiger partial charge in [-0.2, -0.15) is 9.61 Å². The van der Waals surface area contributed by atoms with Crippen LogP contribution in [0.5, 0.6) is 5.75 Å². The first kappa shape index (κ1) is 12.7. The Bertz CT molecular complexity index is 807. The van der Waals surface area contributed by atoms with Crippen molar-refractivity contribution in [2.75, 3.05) is 0 Å². The molecule has 2 aromatic heterocycles. The topological polar surface area (TPSA) is 69.4 Å². The molecule has 20 heavy (non-hydrogen) atoms. The van der Waals surface area contributed by atoms with Crippen LogP contribution < -0.4 is 10.3 Å². The molecule has 0 amide bonds. The van der Waals surface area contributed by atoms with Gasteiger partial charge in [0, 0.05) is 0 Å². The number of aryl methyl sites for hydroxylation is 2. The molecule has 6 nitrogen and oxygen atoms in total. The lowest BCUT2D eigenvalue weighted by molar-refractivity contribution is 0.304. The third-order valence-corrected chi connectivity index (χ3v) is 3.64. The summed E-state index contributed by atoms with van der Waals surface area (Å²) in [6.45, 7) is 3.93. The van der Waals surface area contributed by atoms with Crippen molar-refractivity contribution < 1.29 is 4.74 Å². The Morgan fingerprint density at radius 3 is 2.70 bits per heavy atom. The molecule has 0 spiro atoms. The average Bonchev–Trinajstić information content (AvgIpc) is 2.86. The Balaban J connectivity index is 1.83. The van der Waals surface area contributed by atoms with Crippen LogP contribution in [-0.4, -0.2) is 19.8 Å². The monoisotopic (exact) mass is 288 g/mol. The van der Waals surface area contributed by atoms with Crippen LogP contribution in [0.3, 0.4) is 0 Å². The minimum atomic E-state index is -0.243. The lowest BCUT2D eigenvalue weighted by Gasteiger charge is -2.03. The third kappa shape index (κ3) is 2.39. The van der Waals surface area contributed by atoms with E-state index < -0.39 is 0 Å². The summed E-state index contributed by atoms with van der Waals surface area (Å²) < 4.78 is 6.90. The second-order valence-electron chi connectivity index (χ2n) is 4.38. The van der Waals surface area contributed by atoms with E-state index in [-0.39, 0.29) is 5.56 Å². The minimum Gasteiger partial charge on any atom is -0.486 e. The van der Waals surface area contributed by atoms with E-state index in [1.165, 1.54) is 21.4 Å². The fourth-order valence-corrected chi connectivity index (χ4v) is 2.41. The van der Waals surface area contributed by atoms with E-state index in [0.717, 1.165) is 5.75 Å². The van der Waals surface area contributed by atoms with E-state index in [9.17, 15) is 4.79 Å². The summed E-state index contributed by atoms with van der Waals surface area (Å²) in [6, 6.07) is 7.76. The molecule has 0 atom stereocenters. The van der Waals surface area contributed by atoms with Gasteiger partial charge in [0.05, 0.1) is 0 Å². The molecule has 0 saturated heterocycles. The number of benzene rings is 1. The lowest BCUT2D eigenvalue weighted by atomic mass is 10.2. The van der Waals surface area contributed by atoms with Crippen LogP contribution in [0.25, 0.3) is 4.96 Å². The largest absolute Gasteiger partial charge is 0.486 e. The first-order valence-corrected chi connectivity index (χ1v) is 6.86. The maximum Gasteiger partial charge on any atom is 0.296 e. The van der Waals surface area contributed by atoms with E-state index in [4.69, 9.17) is 4.74 Å². The quantitative estimate of drug-likeness (QED) is 0.734. The summed E-state index contributed by atoms with van der Waals surface area (Å²) >= 11 is 1.30. The standard InChI is InChI=1S/C13H12N4O2S/c1-8-3-5-10(6-4-8)19-7-11-16-17-12(18)9(2)14-15-13(17)20-11/h3-6H,7H2,1-2H3. The first-order valence-electron chi connectivity index (χ1n) is 6.05. The maximum atomic E-state index is 11.8. The summed E-state index contributed by atoms with van der Waals surface area (Å²) in [6.07, 6.45) is 0. The number of rotatable bonds is 3. The number of hydrogen-bond donors (Lipinski definition) is 0. The first-order chi connectivity index (χ1) is 9.63. The minimum absolute atomic E-state index is 0.243. The molecular formula is C13H12N4O2S. The second kappa shape index (κ2) is 5.01. The fraction of sp³-hybridized carbons (Fsp3) is 0.231. The summed E-state index contributed by atoms with van der Waals surface area (Å²) in [5, 5.41) is 12.6. The third-order valence-electron chi connectivity index (χ3n) is 2.77. The Morgan fingerprint density at radius 2 is 1.95 bits per heavy atom. The zero-order valence-corrected chi connectivity index (χ0v) is 11.8. The molecule has 0 aliphatic rings. The Morgan fingerprint density at radius 1 is 1.20 bits per heavy atom. The molecule has 0 radical (unpaired) electrons. The van der Waals surface area contributed by atoms with Crippen LogP contribution in [0.1, 0.15) is 16.3 Å². The second-order valence-corrected chi connectivity index (χ2v) is 5.42. The van der Waals surface area contributed by atoms with Gasteiger partial charge < -0.3 is 4.74 Å². The summed E-state index contributed by atoms with van der Waals surface area (Å²) in [5.41, 5.74) is 1.27. The number of nitrogens with zero attached hydrogens (tertiary/aromatic N) is 4. The Hall–Kier alpha value is -2.28. The lowest BCUT2D eigenvalue weighted by Crippen LogP contribution is -2.19. The van der Waals surface area contributed by atoms with Gasteiger partial charge in [0.1, 0.15) is 18.1 Å². The van der Waals surface area contributed by atoms with Gasteiger partial charge in [-0.15, -0.1) is 10.2 Å². The summed E-state index contributed by atoms with van der Waals surface area (Å²) in [7, 11) is 0. The highest BCUT2D eigenvalue weighted by molar-refractivity contribution is 7.16. The van der Waals surface area contributed by atoms with Crippen LogP contribution in [0.15, 0.2) is 29.1 Å². The van der Waals surface area contributed by atoms with Crippen LogP contribution in [-0.2, 0) is 6.61 Å². The van der Waals surface area contributed by atoms with E-state index in [1.54, 1.807) is 6.92 Å². The predicted octanol–water partition coefficient (Wildman–Crippen LogP) is 1.74. The number of ether oxygens (including phenoxy) is 1. The molecule has 0 fully saturated rings. The molecule has 0 unspecified atom stereocenters. The van der Waals surface area contributed by atoms with Crippen molar-refractivity contribution in [3.63, 3.8) is 0 Å². The average molecular weight is 288 g/mol. The highest BCUT2D eigenvalue weighted by atomic mass is 32.1. The molecule has 1 aromatic carbocycles. The van der Waals surface area contributed by atoms with Gasteiger partial charge in [-0.1, -0.05) is 29.0 Å². The Labute approximate surface area is 118 Å². The molecule has 3 aromatic rings. The zero-order valence-electron chi connectivity index (χ0n) is 11.0. The molecular weight excluding hydrogens is 276 g/mol. The van der Waals surface area contributed by atoms with Crippen molar-refractivity contribution in [3.8, 4) is 5.75 Å². The molecule has 102 valence electrons. The molecule has 7 heteroatoms. The van der Waals surface area contributed by atoms with Gasteiger partial charge >= 0.3 is 0 Å². The van der Waals surface area contributed by atoms with Crippen molar-refractivity contribution in [3.05, 3.63) is 50.9 Å². The van der Waals surface area contributed by atoms with Crippen LogP contribution in [0, 0.1) is 13.8 Å². The van der Waals surface area contributed by atoms with Crippen molar-refractivity contribution in [2.24, 2.45) is 0 Å². The maximum absolute atomic E-state index is 11.8. The van der Waals surface area contributed by atoms with Gasteiger partial charge in [-0.25, -0.2) is 0 Å². The smallest absolute Gasteiger partial charge is 0.296 e. The highest BCUT2D eigenvalue weighted by Gasteiger charge is 2.09. The predicted molar refractivity (Wildman–Crippen MR) is 75.2 cm³/mol. The van der Waals surface area contributed by atoms with Gasteiger partial charge in [0.15, 0.2) is 5.01 Å². The normalized spacial score (nSPS) is 10.9. The van der Waals surface area contributed by atoms with Crippen LogP contribution in [0.2, 0.25) is 0 Å². The summed E-state index contributed by atoms with van der Waals surface area (Å²) in [4.78, 5) is 12.3. The van der Waals surface area contributed by atoms with Gasteiger partial charge in [-0.05, 0) is 26.0 Å². The molecule has 2 heterocycles.